The molecule has 28 heavy (non-hydrogen) atoms. The summed E-state index contributed by atoms with van der Waals surface area (Å²) < 4.78 is 13.2. The lowest BCUT2D eigenvalue weighted by molar-refractivity contribution is 0.354. The van der Waals surface area contributed by atoms with Crippen LogP contribution in [-0.4, -0.2) is 18.8 Å². The predicted molar refractivity (Wildman–Crippen MR) is 118 cm³/mol. The van der Waals surface area contributed by atoms with Crippen LogP contribution in [0.4, 0.5) is 0 Å². The quantitative estimate of drug-likeness (QED) is 0.661. The molecule has 4 nitrogen and oxygen atoms in total. The van der Waals surface area contributed by atoms with E-state index in [1.54, 1.807) is 18.8 Å². The van der Waals surface area contributed by atoms with Crippen LogP contribution >= 0.6 is 11.3 Å². The molecule has 0 saturated carbocycles. The van der Waals surface area contributed by atoms with Gasteiger partial charge >= 0.3 is 4.87 Å². The number of benzene rings is 2. The second-order valence-corrected chi connectivity index (χ2v) is 7.00. The van der Waals surface area contributed by atoms with Crippen molar-refractivity contribution in [2.24, 2.45) is 0 Å². The number of hydrogen-bond donors (Lipinski definition) is 0. The fourth-order valence-corrected chi connectivity index (χ4v) is 3.60. The zero-order valence-corrected chi connectivity index (χ0v) is 17.9. The van der Waals surface area contributed by atoms with Crippen LogP contribution in [0.2, 0.25) is 0 Å². The lowest BCUT2D eigenvalue weighted by Gasteiger charge is -2.09. The Labute approximate surface area is 170 Å². The third-order valence-corrected chi connectivity index (χ3v) is 5.16. The second-order valence-electron chi connectivity index (χ2n) is 6.01. The molecule has 0 spiro atoms. The highest BCUT2D eigenvalue weighted by atomic mass is 32.1. The third-order valence-electron chi connectivity index (χ3n) is 4.19. The highest BCUT2D eigenvalue weighted by molar-refractivity contribution is 7.07. The van der Waals surface area contributed by atoms with Gasteiger partial charge in [0.1, 0.15) is 0 Å². The molecule has 5 heteroatoms. The standard InChI is InChI=1S/C21H21NO3S.C2H6/c1-14-5-7-16(8-6-14)12-20-15(2)22(21(23)26-20)13-17-9-10-18(24-3)19(11-17)25-4;1-2/h5-12H,2,13H2,1,3-4H3;1-2H3/b20-12-;. The van der Waals surface area contributed by atoms with Crippen molar-refractivity contribution in [3.05, 3.63) is 78.7 Å². The van der Waals surface area contributed by atoms with Crippen LogP contribution < -0.4 is 24.2 Å². The first-order valence-corrected chi connectivity index (χ1v) is 10.0. The van der Waals surface area contributed by atoms with Gasteiger partial charge in [0, 0.05) is 0 Å². The van der Waals surface area contributed by atoms with Crippen LogP contribution in [0.1, 0.15) is 30.5 Å². The molecule has 0 aliphatic carbocycles. The summed E-state index contributed by atoms with van der Waals surface area (Å²) in [4.78, 5) is 12.4. The molecule has 2 aromatic carbocycles. The first-order chi connectivity index (χ1) is 13.5. The third kappa shape index (κ3) is 4.93. The Bertz CT molecular complexity index is 1080. The summed E-state index contributed by atoms with van der Waals surface area (Å²) in [5, 5.41) is 0.718. The smallest absolute Gasteiger partial charge is 0.308 e. The number of hydrogen-bond acceptors (Lipinski definition) is 4. The molecule has 0 saturated heterocycles. The fraction of sp³-hybridized carbons (Fsp3) is 0.261. The number of nitrogens with zero attached hydrogens (tertiary/aromatic N) is 1. The lowest BCUT2D eigenvalue weighted by atomic mass is 10.1. The second kappa shape index (κ2) is 9.95. The molecule has 148 valence electrons. The Kier molecular flexibility index (Phi) is 7.64. The summed E-state index contributed by atoms with van der Waals surface area (Å²) >= 11 is 1.21. The Hall–Kier alpha value is -2.79. The van der Waals surface area contributed by atoms with Crippen molar-refractivity contribution >= 4 is 24.0 Å². The maximum Gasteiger partial charge on any atom is 0.308 e. The molecule has 0 atom stereocenters. The summed E-state index contributed by atoms with van der Waals surface area (Å²) in [5.41, 5.74) is 3.21. The average Bonchev–Trinajstić information content (AvgIpc) is 2.98. The molecule has 0 bridgehead atoms. The summed E-state index contributed by atoms with van der Waals surface area (Å²) in [6.45, 7) is 10.6. The van der Waals surface area contributed by atoms with Crippen molar-refractivity contribution < 1.29 is 9.47 Å². The van der Waals surface area contributed by atoms with Crippen molar-refractivity contribution in [3.63, 3.8) is 0 Å². The van der Waals surface area contributed by atoms with Crippen LogP contribution in [0.15, 0.2) is 47.3 Å². The fourth-order valence-electron chi connectivity index (χ4n) is 2.70. The van der Waals surface area contributed by atoms with Crippen LogP contribution in [0.25, 0.3) is 12.7 Å². The number of methoxy groups -OCH3 is 2. The van der Waals surface area contributed by atoms with E-state index in [1.165, 1.54) is 16.9 Å². The van der Waals surface area contributed by atoms with Gasteiger partial charge < -0.3 is 9.47 Å². The van der Waals surface area contributed by atoms with Gasteiger partial charge in [-0.1, -0.05) is 67.7 Å². The molecule has 1 heterocycles. The van der Waals surface area contributed by atoms with Gasteiger partial charge in [0.2, 0.25) is 0 Å². The average molecular weight is 398 g/mol. The molecule has 0 fully saturated rings. The molecule has 0 amide bonds. The van der Waals surface area contributed by atoms with Gasteiger partial charge in [-0.2, -0.15) is 0 Å². The molecule has 0 N–H and O–H groups in total. The predicted octanol–water partition coefficient (Wildman–Crippen LogP) is 3.55. The largest absolute Gasteiger partial charge is 0.493 e. The maximum atomic E-state index is 12.5. The van der Waals surface area contributed by atoms with Gasteiger partial charge in [0.05, 0.1) is 30.6 Å². The van der Waals surface area contributed by atoms with Crippen molar-refractivity contribution in [1.29, 1.82) is 0 Å². The number of rotatable bonds is 5. The summed E-state index contributed by atoms with van der Waals surface area (Å²) in [5.74, 6) is 1.31. The highest BCUT2D eigenvalue weighted by Crippen LogP contribution is 2.27. The Morgan fingerprint density at radius 3 is 2.29 bits per heavy atom. The topological polar surface area (TPSA) is 40.5 Å². The molecule has 0 unspecified atom stereocenters. The lowest BCUT2D eigenvalue weighted by Crippen LogP contribution is -2.31. The first-order valence-electron chi connectivity index (χ1n) is 9.19. The molecular formula is C23H27NO3S. The Morgan fingerprint density at radius 2 is 1.68 bits per heavy atom. The minimum atomic E-state index is -0.0249. The molecule has 0 radical (unpaired) electrons. The van der Waals surface area contributed by atoms with Crippen LogP contribution in [0.3, 0.4) is 0 Å². The molecule has 0 aliphatic heterocycles. The highest BCUT2D eigenvalue weighted by Gasteiger charge is 2.08. The number of aromatic nitrogens is 1. The molecule has 1 aromatic heterocycles. The normalized spacial score (nSPS) is 11.0. The van der Waals surface area contributed by atoms with Gasteiger partial charge in [0.15, 0.2) is 11.5 Å². The van der Waals surface area contributed by atoms with E-state index in [9.17, 15) is 4.79 Å². The SMILES string of the molecule is C=c1/c(=C/c2ccc(C)cc2)sc(=O)n1Cc1ccc(OC)c(OC)c1.CC. The van der Waals surface area contributed by atoms with Crippen molar-refractivity contribution in [1.82, 2.24) is 4.57 Å². The summed E-state index contributed by atoms with van der Waals surface area (Å²) in [6, 6.07) is 13.8. The molecule has 3 rings (SSSR count). The van der Waals surface area contributed by atoms with E-state index < -0.39 is 0 Å². The van der Waals surface area contributed by atoms with E-state index in [-0.39, 0.29) is 4.87 Å². The Balaban J connectivity index is 0.00000136. The van der Waals surface area contributed by atoms with Crippen LogP contribution in [0.5, 0.6) is 11.5 Å². The molecular weight excluding hydrogens is 370 g/mol. The Morgan fingerprint density at radius 1 is 1.04 bits per heavy atom. The van der Waals surface area contributed by atoms with E-state index in [0.717, 1.165) is 21.0 Å². The van der Waals surface area contributed by atoms with E-state index in [0.29, 0.717) is 18.0 Å². The minimum absolute atomic E-state index is 0.0249. The number of ether oxygens (including phenoxy) is 2. The molecule has 0 aliphatic rings. The minimum Gasteiger partial charge on any atom is -0.493 e. The first kappa shape index (κ1) is 21.5. The van der Waals surface area contributed by atoms with E-state index in [4.69, 9.17) is 9.47 Å². The van der Waals surface area contributed by atoms with Crippen molar-refractivity contribution in [2.75, 3.05) is 14.2 Å². The zero-order chi connectivity index (χ0) is 20.7. The summed E-state index contributed by atoms with van der Waals surface area (Å²) in [7, 11) is 3.20. The van der Waals surface area contributed by atoms with Crippen LogP contribution in [-0.2, 0) is 6.54 Å². The monoisotopic (exact) mass is 397 g/mol. The van der Waals surface area contributed by atoms with E-state index >= 15 is 0 Å². The zero-order valence-electron chi connectivity index (χ0n) is 17.1. The number of thiazole rings is 1. The maximum absolute atomic E-state index is 12.5. The van der Waals surface area contributed by atoms with Gasteiger partial charge in [-0.3, -0.25) is 9.36 Å². The van der Waals surface area contributed by atoms with E-state index in [1.807, 2.05) is 50.3 Å². The van der Waals surface area contributed by atoms with Crippen molar-refractivity contribution in [2.45, 2.75) is 27.3 Å². The molecule has 3 aromatic rings. The number of aryl methyl sites for hydroxylation is 1. The van der Waals surface area contributed by atoms with Crippen LogP contribution in [0, 0.1) is 6.92 Å². The summed E-state index contributed by atoms with van der Waals surface area (Å²) in [6.07, 6.45) is 2.00. The van der Waals surface area contributed by atoms with E-state index in [2.05, 4.69) is 25.6 Å². The van der Waals surface area contributed by atoms with Gasteiger partial charge in [-0.25, -0.2) is 0 Å². The van der Waals surface area contributed by atoms with Gasteiger partial charge in [0.25, 0.3) is 0 Å². The van der Waals surface area contributed by atoms with Gasteiger partial charge in [-0.05, 0) is 36.3 Å². The van der Waals surface area contributed by atoms with Crippen molar-refractivity contribution in [3.8, 4) is 11.5 Å². The van der Waals surface area contributed by atoms with Gasteiger partial charge in [-0.15, -0.1) is 0 Å².